The zero-order chi connectivity index (χ0) is 21.8. The number of hydrogen-bond donors (Lipinski definition) is 1. The van der Waals surface area contributed by atoms with Crippen LogP contribution < -0.4 is 24.9 Å². The summed E-state index contributed by atoms with van der Waals surface area (Å²) in [5.41, 5.74) is 1.63. The second-order valence-electron chi connectivity index (χ2n) is 7.43. The van der Waals surface area contributed by atoms with E-state index >= 15 is 0 Å². The van der Waals surface area contributed by atoms with Gasteiger partial charge in [-0.3, -0.25) is 4.79 Å². The standard InChI is InChI=1S/C25H23NO5/c1-26(14-17-7-4-3-5-8-17)15-21-22(27)12-11-20-24(28)23(16-30-25(20)21)31-19-10-6-9-18(13-19)29-2/h3-13,16,27H,14-15H2,1-2H3. The smallest absolute Gasteiger partial charge is 0.235 e. The number of hydrogen-bond acceptors (Lipinski definition) is 5. The maximum atomic E-state index is 13.0. The van der Waals surface area contributed by atoms with Crippen molar-refractivity contribution >= 4 is 11.0 Å². The molecule has 1 heterocycles. The van der Waals surface area contributed by atoms with E-state index in [2.05, 4.69) is 0 Å². The highest BCUT2D eigenvalue weighted by molar-refractivity contribution is 5.82. The Morgan fingerprint density at radius 1 is 0.968 bits per heavy atom. The molecule has 4 aromatic rings. The first-order valence-corrected chi connectivity index (χ1v) is 9.96. The molecule has 1 atom stereocenters. The third kappa shape index (κ3) is 4.54. The van der Waals surface area contributed by atoms with Crippen LogP contribution in [-0.2, 0) is 13.1 Å². The molecule has 0 aliphatic carbocycles. The summed E-state index contributed by atoms with van der Waals surface area (Å²) in [6, 6.07) is 19.9. The van der Waals surface area contributed by atoms with E-state index in [4.69, 9.17) is 13.9 Å². The number of benzene rings is 3. The molecule has 158 valence electrons. The lowest BCUT2D eigenvalue weighted by atomic mass is 10.1. The zero-order valence-corrected chi connectivity index (χ0v) is 17.4. The molecule has 4 rings (SSSR count). The van der Waals surface area contributed by atoms with Gasteiger partial charge in [0.15, 0.2) is 0 Å². The minimum absolute atomic E-state index is 0.0512. The SMILES string of the molecule is COc1cccc(Oc2coc3c(C[NH+](C)Cc4ccccc4)c([O-])ccc3c2=O)c1. The van der Waals surface area contributed by atoms with Gasteiger partial charge >= 0.3 is 0 Å². The minimum Gasteiger partial charge on any atom is -0.872 e. The fraction of sp³-hybridized carbons (Fsp3) is 0.160. The van der Waals surface area contributed by atoms with Gasteiger partial charge in [-0.2, -0.15) is 0 Å². The molecule has 1 unspecified atom stereocenters. The Morgan fingerprint density at radius 3 is 2.52 bits per heavy atom. The highest BCUT2D eigenvalue weighted by Crippen LogP contribution is 2.28. The lowest BCUT2D eigenvalue weighted by molar-refractivity contribution is -0.907. The highest BCUT2D eigenvalue weighted by Gasteiger charge is 2.16. The van der Waals surface area contributed by atoms with E-state index in [9.17, 15) is 9.90 Å². The summed E-state index contributed by atoms with van der Waals surface area (Å²) in [5.74, 6) is 0.976. The Balaban J connectivity index is 1.64. The monoisotopic (exact) mass is 417 g/mol. The summed E-state index contributed by atoms with van der Waals surface area (Å²) >= 11 is 0. The van der Waals surface area contributed by atoms with Crippen LogP contribution >= 0.6 is 0 Å². The molecule has 31 heavy (non-hydrogen) atoms. The number of nitrogens with one attached hydrogen (secondary N) is 1. The molecule has 0 aliphatic heterocycles. The average Bonchev–Trinajstić information content (AvgIpc) is 2.78. The van der Waals surface area contributed by atoms with E-state index in [-0.39, 0.29) is 16.9 Å². The predicted octanol–water partition coefficient (Wildman–Crippen LogP) is 2.88. The molecule has 0 amide bonds. The Hall–Kier alpha value is -3.77. The lowest BCUT2D eigenvalue weighted by Gasteiger charge is -2.19. The maximum absolute atomic E-state index is 13.0. The van der Waals surface area contributed by atoms with Gasteiger partial charge in [0.25, 0.3) is 0 Å². The first kappa shape index (κ1) is 20.5. The van der Waals surface area contributed by atoms with E-state index in [1.54, 1.807) is 31.4 Å². The van der Waals surface area contributed by atoms with Gasteiger partial charge in [-0.15, -0.1) is 0 Å². The van der Waals surface area contributed by atoms with Crippen molar-refractivity contribution in [2.75, 3.05) is 14.2 Å². The van der Waals surface area contributed by atoms with Gasteiger partial charge in [0.1, 0.15) is 36.4 Å². The summed E-state index contributed by atoms with van der Waals surface area (Å²) in [4.78, 5) is 14.1. The molecule has 0 aliphatic rings. The Bertz CT molecular complexity index is 1250. The van der Waals surface area contributed by atoms with E-state index in [0.29, 0.717) is 34.6 Å². The van der Waals surface area contributed by atoms with Crippen molar-refractivity contribution in [3.8, 4) is 23.0 Å². The zero-order valence-electron chi connectivity index (χ0n) is 17.4. The van der Waals surface area contributed by atoms with Crippen LogP contribution in [-0.4, -0.2) is 14.2 Å². The molecule has 1 N–H and O–H groups in total. The summed E-state index contributed by atoms with van der Waals surface area (Å²) in [6.45, 7) is 1.18. The van der Waals surface area contributed by atoms with E-state index in [1.807, 2.05) is 37.4 Å². The summed E-state index contributed by atoms with van der Waals surface area (Å²) in [5, 5.41) is 12.9. The van der Waals surface area contributed by atoms with Crippen molar-refractivity contribution in [2.45, 2.75) is 13.1 Å². The predicted molar refractivity (Wildman–Crippen MR) is 116 cm³/mol. The fourth-order valence-electron chi connectivity index (χ4n) is 3.56. The molecular formula is C25H23NO5. The van der Waals surface area contributed by atoms with Crippen LogP contribution in [0, 0.1) is 0 Å². The van der Waals surface area contributed by atoms with Gasteiger partial charge < -0.3 is 23.9 Å². The molecule has 0 radical (unpaired) electrons. The number of fused-ring (bicyclic) bond motifs is 1. The molecule has 0 fully saturated rings. The number of quaternary nitrogens is 1. The Kier molecular flexibility index (Phi) is 5.91. The van der Waals surface area contributed by atoms with Gasteiger partial charge in [-0.25, -0.2) is 0 Å². The normalized spacial score (nSPS) is 11.9. The summed E-state index contributed by atoms with van der Waals surface area (Å²) < 4.78 is 16.6. The van der Waals surface area contributed by atoms with Crippen LogP contribution in [0.25, 0.3) is 11.0 Å². The number of ether oxygens (including phenoxy) is 2. The molecule has 0 saturated heterocycles. The van der Waals surface area contributed by atoms with Crippen LogP contribution in [0.5, 0.6) is 23.0 Å². The van der Waals surface area contributed by atoms with Crippen LogP contribution in [0.2, 0.25) is 0 Å². The van der Waals surface area contributed by atoms with Gasteiger partial charge in [0.05, 0.1) is 19.5 Å². The van der Waals surface area contributed by atoms with Crippen molar-refractivity contribution < 1.29 is 23.9 Å². The van der Waals surface area contributed by atoms with E-state index in [0.717, 1.165) is 11.4 Å². The summed E-state index contributed by atoms with van der Waals surface area (Å²) in [6.07, 6.45) is 1.26. The van der Waals surface area contributed by atoms with Gasteiger partial charge in [0.2, 0.25) is 11.2 Å². The quantitative estimate of drug-likeness (QED) is 0.500. The number of rotatable bonds is 7. The number of methoxy groups -OCH3 is 1. The Labute approximate surface area is 179 Å². The van der Waals surface area contributed by atoms with Gasteiger partial charge in [-0.1, -0.05) is 48.2 Å². The maximum Gasteiger partial charge on any atom is 0.235 e. The highest BCUT2D eigenvalue weighted by atomic mass is 16.5. The van der Waals surface area contributed by atoms with Gasteiger partial charge in [-0.05, 0) is 18.2 Å². The topological polar surface area (TPSA) is 76.2 Å². The molecule has 0 saturated carbocycles. The minimum atomic E-state index is -0.328. The molecular weight excluding hydrogens is 394 g/mol. The molecule has 1 aromatic heterocycles. The fourth-order valence-corrected chi connectivity index (χ4v) is 3.56. The largest absolute Gasteiger partial charge is 0.872 e. The molecule has 0 bridgehead atoms. The first-order chi connectivity index (χ1) is 15.0. The van der Waals surface area contributed by atoms with Crippen LogP contribution in [0.4, 0.5) is 0 Å². The van der Waals surface area contributed by atoms with Crippen molar-refractivity contribution in [3.05, 3.63) is 94.3 Å². The van der Waals surface area contributed by atoms with Crippen LogP contribution in [0.15, 0.2) is 82.2 Å². The lowest BCUT2D eigenvalue weighted by Crippen LogP contribution is -3.06. The van der Waals surface area contributed by atoms with E-state index < -0.39 is 0 Å². The van der Waals surface area contributed by atoms with Crippen molar-refractivity contribution in [3.63, 3.8) is 0 Å². The van der Waals surface area contributed by atoms with Crippen LogP contribution in [0.3, 0.4) is 0 Å². The third-order valence-electron chi connectivity index (χ3n) is 5.07. The molecule has 0 spiro atoms. The van der Waals surface area contributed by atoms with Crippen molar-refractivity contribution in [1.29, 1.82) is 0 Å². The van der Waals surface area contributed by atoms with E-state index in [1.165, 1.54) is 24.0 Å². The molecule has 3 aromatic carbocycles. The average molecular weight is 417 g/mol. The third-order valence-corrected chi connectivity index (χ3v) is 5.07. The summed E-state index contributed by atoms with van der Waals surface area (Å²) in [7, 11) is 3.56. The second-order valence-corrected chi connectivity index (χ2v) is 7.43. The van der Waals surface area contributed by atoms with Crippen LogP contribution in [0.1, 0.15) is 11.1 Å². The van der Waals surface area contributed by atoms with Crippen molar-refractivity contribution in [1.82, 2.24) is 0 Å². The second kappa shape index (κ2) is 8.93. The Morgan fingerprint density at radius 2 is 1.74 bits per heavy atom. The molecule has 6 nitrogen and oxygen atoms in total. The van der Waals surface area contributed by atoms with Gasteiger partial charge in [0, 0.05) is 17.2 Å². The molecule has 6 heteroatoms. The first-order valence-electron chi connectivity index (χ1n) is 9.96. The van der Waals surface area contributed by atoms with Crippen molar-refractivity contribution in [2.24, 2.45) is 0 Å².